The average Bonchev–Trinajstić information content (AvgIpc) is 2.27. The Morgan fingerprint density at radius 1 is 1.40 bits per heavy atom. The SMILES string of the molecule is COC(=O)C1CCN([C@@H](C)C(N)=O)CC1. The van der Waals surface area contributed by atoms with Crippen LogP contribution in [0.3, 0.4) is 0 Å². The zero-order valence-corrected chi connectivity index (χ0v) is 9.23. The summed E-state index contributed by atoms with van der Waals surface area (Å²) < 4.78 is 4.68. The molecular weight excluding hydrogens is 196 g/mol. The van der Waals surface area contributed by atoms with Crippen LogP contribution in [0.4, 0.5) is 0 Å². The number of nitrogens with two attached hydrogens (primary N) is 1. The lowest BCUT2D eigenvalue weighted by Crippen LogP contribution is -2.47. The molecule has 0 radical (unpaired) electrons. The predicted octanol–water partition coefficient (Wildman–Crippen LogP) is -0.255. The first kappa shape index (κ1) is 12.0. The smallest absolute Gasteiger partial charge is 0.308 e. The molecule has 2 N–H and O–H groups in total. The second kappa shape index (κ2) is 5.11. The largest absolute Gasteiger partial charge is 0.469 e. The summed E-state index contributed by atoms with van der Waals surface area (Å²) in [5, 5.41) is 0. The Hall–Kier alpha value is -1.10. The molecule has 1 saturated heterocycles. The molecule has 5 heteroatoms. The lowest BCUT2D eigenvalue weighted by atomic mass is 9.96. The van der Waals surface area contributed by atoms with Crippen molar-refractivity contribution < 1.29 is 14.3 Å². The highest BCUT2D eigenvalue weighted by Gasteiger charge is 2.29. The lowest BCUT2D eigenvalue weighted by molar-refractivity contribution is -0.147. The Labute approximate surface area is 89.6 Å². The number of hydrogen-bond acceptors (Lipinski definition) is 4. The summed E-state index contributed by atoms with van der Waals surface area (Å²) in [6.07, 6.45) is 1.48. The van der Waals surface area contributed by atoms with Gasteiger partial charge in [0.1, 0.15) is 0 Å². The van der Waals surface area contributed by atoms with Gasteiger partial charge in [-0.15, -0.1) is 0 Å². The van der Waals surface area contributed by atoms with Gasteiger partial charge >= 0.3 is 5.97 Å². The fourth-order valence-electron chi connectivity index (χ4n) is 1.87. The van der Waals surface area contributed by atoms with Crippen molar-refractivity contribution in [2.24, 2.45) is 11.7 Å². The Morgan fingerprint density at radius 2 is 1.93 bits per heavy atom. The molecule has 0 saturated carbocycles. The van der Waals surface area contributed by atoms with Crippen LogP contribution >= 0.6 is 0 Å². The Balaban J connectivity index is 2.42. The van der Waals surface area contributed by atoms with E-state index in [4.69, 9.17) is 5.73 Å². The minimum Gasteiger partial charge on any atom is -0.469 e. The van der Waals surface area contributed by atoms with E-state index in [2.05, 4.69) is 4.74 Å². The first-order valence-corrected chi connectivity index (χ1v) is 5.17. The molecular formula is C10H18N2O3. The number of rotatable bonds is 3. The molecule has 1 aliphatic heterocycles. The maximum absolute atomic E-state index is 11.2. The van der Waals surface area contributed by atoms with E-state index in [1.54, 1.807) is 6.92 Å². The van der Waals surface area contributed by atoms with Crippen LogP contribution in [0.2, 0.25) is 0 Å². The van der Waals surface area contributed by atoms with Gasteiger partial charge in [-0.05, 0) is 32.9 Å². The number of carbonyl (C=O) groups is 2. The second-order valence-electron chi connectivity index (χ2n) is 3.91. The summed E-state index contributed by atoms with van der Waals surface area (Å²) in [6, 6.07) is -0.247. The molecule has 0 unspecified atom stereocenters. The highest BCUT2D eigenvalue weighted by atomic mass is 16.5. The number of carbonyl (C=O) groups excluding carboxylic acids is 2. The quantitative estimate of drug-likeness (QED) is 0.657. The zero-order valence-electron chi connectivity index (χ0n) is 9.23. The van der Waals surface area contributed by atoms with Crippen molar-refractivity contribution in [2.75, 3.05) is 20.2 Å². The number of nitrogens with zero attached hydrogens (tertiary/aromatic N) is 1. The number of methoxy groups -OCH3 is 1. The fourth-order valence-corrected chi connectivity index (χ4v) is 1.87. The standard InChI is InChI=1S/C10H18N2O3/c1-7(9(11)13)12-5-3-8(4-6-12)10(14)15-2/h7-8H,3-6H2,1-2H3,(H2,11,13)/t7-/m0/s1. The van der Waals surface area contributed by atoms with E-state index in [1.807, 2.05) is 4.90 Å². The van der Waals surface area contributed by atoms with Gasteiger partial charge in [0.05, 0.1) is 19.1 Å². The second-order valence-corrected chi connectivity index (χ2v) is 3.91. The van der Waals surface area contributed by atoms with Gasteiger partial charge in [-0.3, -0.25) is 14.5 Å². The third-order valence-electron chi connectivity index (χ3n) is 3.02. The van der Waals surface area contributed by atoms with Gasteiger partial charge in [0.2, 0.25) is 5.91 Å². The number of ether oxygens (including phenoxy) is 1. The number of primary amides is 1. The number of piperidine rings is 1. The summed E-state index contributed by atoms with van der Waals surface area (Å²) in [6.45, 7) is 3.24. The third-order valence-corrected chi connectivity index (χ3v) is 3.02. The van der Waals surface area contributed by atoms with Crippen LogP contribution in [0, 0.1) is 5.92 Å². The predicted molar refractivity (Wildman–Crippen MR) is 55.0 cm³/mol. The van der Waals surface area contributed by atoms with Crippen molar-refractivity contribution in [3.05, 3.63) is 0 Å². The van der Waals surface area contributed by atoms with Crippen LogP contribution < -0.4 is 5.73 Å². The van der Waals surface area contributed by atoms with Crippen molar-refractivity contribution in [3.8, 4) is 0 Å². The van der Waals surface area contributed by atoms with E-state index in [0.717, 1.165) is 25.9 Å². The van der Waals surface area contributed by atoms with Gasteiger partial charge in [-0.2, -0.15) is 0 Å². The Morgan fingerprint density at radius 3 is 2.33 bits per heavy atom. The van der Waals surface area contributed by atoms with Crippen LogP contribution in [-0.2, 0) is 14.3 Å². The topological polar surface area (TPSA) is 72.6 Å². The monoisotopic (exact) mass is 214 g/mol. The minimum absolute atomic E-state index is 0.0219. The maximum atomic E-state index is 11.2. The maximum Gasteiger partial charge on any atom is 0.308 e. The van der Waals surface area contributed by atoms with E-state index in [9.17, 15) is 9.59 Å². The van der Waals surface area contributed by atoms with E-state index in [1.165, 1.54) is 7.11 Å². The molecule has 1 rings (SSSR count). The molecule has 1 atom stereocenters. The summed E-state index contributed by atoms with van der Waals surface area (Å²) in [5.41, 5.74) is 5.22. The molecule has 1 fully saturated rings. The molecule has 1 amide bonds. The van der Waals surface area contributed by atoms with Crippen molar-refractivity contribution in [1.29, 1.82) is 0 Å². The summed E-state index contributed by atoms with van der Waals surface area (Å²) in [4.78, 5) is 24.2. The third kappa shape index (κ3) is 2.92. The summed E-state index contributed by atoms with van der Waals surface area (Å²) >= 11 is 0. The number of esters is 1. The van der Waals surface area contributed by atoms with Crippen LogP contribution in [0.5, 0.6) is 0 Å². The number of amides is 1. The zero-order chi connectivity index (χ0) is 11.4. The molecule has 0 aliphatic carbocycles. The molecule has 0 spiro atoms. The molecule has 15 heavy (non-hydrogen) atoms. The highest BCUT2D eigenvalue weighted by molar-refractivity contribution is 5.79. The molecule has 0 aromatic carbocycles. The first-order valence-electron chi connectivity index (χ1n) is 5.17. The average molecular weight is 214 g/mol. The van der Waals surface area contributed by atoms with Gasteiger partial charge in [-0.25, -0.2) is 0 Å². The molecule has 5 nitrogen and oxygen atoms in total. The molecule has 0 bridgehead atoms. The van der Waals surface area contributed by atoms with Gasteiger partial charge in [0.15, 0.2) is 0 Å². The van der Waals surface area contributed by atoms with E-state index in [0.29, 0.717) is 0 Å². The fraction of sp³-hybridized carbons (Fsp3) is 0.800. The van der Waals surface area contributed by atoms with Crippen LogP contribution in [-0.4, -0.2) is 43.0 Å². The Kier molecular flexibility index (Phi) is 4.08. The van der Waals surface area contributed by atoms with Gasteiger partial charge in [0.25, 0.3) is 0 Å². The Bertz CT molecular complexity index is 247. The normalized spacial score (nSPS) is 20.9. The molecule has 0 aromatic rings. The van der Waals surface area contributed by atoms with Crippen LogP contribution in [0.1, 0.15) is 19.8 Å². The first-order chi connectivity index (χ1) is 7.06. The highest BCUT2D eigenvalue weighted by Crippen LogP contribution is 2.19. The number of likely N-dealkylation sites (tertiary alicyclic amines) is 1. The lowest BCUT2D eigenvalue weighted by Gasteiger charge is -2.33. The van der Waals surface area contributed by atoms with Crippen molar-refractivity contribution in [3.63, 3.8) is 0 Å². The van der Waals surface area contributed by atoms with Gasteiger partial charge < -0.3 is 10.5 Å². The van der Waals surface area contributed by atoms with E-state index in [-0.39, 0.29) is 23.8 Å². The van der Waals surface area contributed by atoms with Gasteiger partial charge in [-0.1, -0.05) is 0 Å². The van der Waals surface area contributed by atoms with Crippen molar-refractivity contribution in [2.45, 2.75) is 25.8 Å². The van der Waals surface area contributed by atoms with Crippen molar-refractivity contribution >= 4 is 11.9 Å². The molecule has 0 aromatic heterocycles. The van der Waals surface area contributed by atoms with Gasteiger partial charge in [0, 0.05) is 0 Å². The minimum atomic E-state index is -0.313. The van der Waals surface area contributed by atoms with Crippen LogP contribution in [0.25, 0.3) is 0 Å². The number of hydrogen-bond donors (Lipinski definition) is 1. The molecule has 1 aliphatic rings. The summed E-state index contributed by atoms with van der Waals surface area (Å²) in [7, 11) is 1.40. The summed E-state index contributed by atoms with van der Waals surface area (Å²) in [5.74, 6) is -0.487. The van der Waals surface area contributed by atoms with Crippen LogP contribution in [0.15, 0.2) is 0 Å². The van der Waals surface area contributed by atoms with Crippen molar-refractivity contribution in [1.82, 2.24) is 4.90 Å². The van der Waals surface area contributed by atoms with E-state index >= 15 is 0 Å². The van der Waals surface area contributed by atoms with E-state index < -0.39 is 0 Å². The molecule has 86 valence electrons. The molecule has 1 heterocycles.